The minimum absolute atomic E-state index is 0.0266. The van der Waals surface area contributed by atoms with Crippen molar-refractivity contribution >= 4 is 18.1 Å². The lowest BCUT2D eigenvalue weighted by molar-refractivity contribution is -0.162. The van der Waals surface area contributed by atoms with Gasteiger partial charge in [-0.25, -0.2) is 9.59 Å². The Labute approximate surface area is 183 Å². The maximum atomic E-state index is 13.2. The van der Waals surface area contributed by atoms with Crippen LogP contribution < -0.4 is 5.32 Å². The molecule has 0 aliphatic carbocycles. The van der Waals surface area contributed by atoms with Gasteiger partial charge < -0.3 is 25.0 Å². The second-order valence-electron chi connectivity index (χ2n) is 9.67. The second-order valence-corrected chi connectivity index (χ2v) is 9.67. The lowest BCUT2D eigenvalue weighted by Gasteiger charge is -2.60. The van der Waals surface area contributed by atoms with E-state index in [-0.39, 0.29) is 17.4 Å². The summed E-state index contributed by atoms with van der Waals surface area (Å²) in [6.07, 6.45) is 0.664. The fourth-order valence-electron chi connectivity index (χ4n) is 4.60. The molecule has 2 saturated heterocycles. The van der Waals surface area contributed by atoms with Crippen molar-refractivity contribution in [2.75, 3.05) is 19.6 Å². The third-order valence-corrected chi connectivity index (χ3v) is 6.26. The summed E-state index contributed by atoms with van der Waals surface area (Å²) in [5.74, 6) is -0.141. The van der Waals surface area contributed by atoms with Gasteiger partial charge in [-0.1, -0.05) is 30.3 Å². The molecule has 1 spiro atoms. The number of amides is 3. The predicted molar refractivity (Wildman–Crippen MR) is 116 cm³/mol. The first kappa shape index (κ1) is 22.9. The largest absolute Gasteiger partial charge is 0.465 e. The Hall–Kier alpha value is -2.77. The summed E-state index contributed by atoms with van der Waals surface area (Å²) in [6, 6.07) is 9.28. The molecule has 3 rings (SSSR count). The Kier molecular flexibility index (Phi) is 6.48. The van der Waals surface area contributed by atoms with Gasteiger partial charge in [0, 0.05) is 31.1 Å². The lowest BCUT2D eigenvalue weighted by Crippen LogP contribution is -2.71. The van der Waals surface area contributed by atoms with Gasteiger partial charge in [-0.15, -0.1) is 0 Å². The monoisotopic (exact) mass is 431 g/mol. The third-order valence-electron chi connectivity index (χ3n) is 6.26. The third kappa shape index (κ3) is 5.29. The number of nitrogens with zero attached hydrogens (tertiary/aromatic N) is 2. The van der Waals surface area contributed by atoms with Crippen molar-refractivity contribution in [2.45, 2.75) is 64.6 Å². The molecule has 2 aliphatic rings. The van der Waals surface area contributed by atoms with Crippen molar-refractivity contribution < 1.29 is 24.2 Å². The first-order valence-electron chi connectivity index (χ1n) is 10.8. The van der Waals surface area contributed by atoms with E-state index in [1.807, 2.05) is 35.2 Å². The smallest absolute Gasteiger partial charge is 0.408 e. The number of hydrogen-bond donors (Lipinski definition) is 2. The van der Waals surface area contributed by atoms with E-state index in [2.05, 4.69) is 5.32 Å². The molecule has 2 atom stereocenters. The highest BCUT2D eigenvalue weighted by molar-refractivity contribution is 5.86. The van der Waals surface area contributed by atoms with Gasteiger partial charge >= 0.3 is 12.2 Å². The van der Waals surface area contributed by atoms with E-state index in [4.69, 9.17) is 4.74 Å². The quantitative estimate of drug-likeness (QED) is 0.763. The molecule has 0 radical (unpaired) electrons. The molecule has 3 amide bonds. The average molecular weight is 432 g/mol. The molecule has 1 aromatic rings. The highest BCUT2D eigenvalue weighted by Gasteiger charge is 2.55. The maximum Gasteiger partial charge on any atom is 0.408 e. The van der Waals surface area contributed by atoms with E-state index in [0.29, 0.717) is 26.1 Å². The predicted octanol–water partition coefficient (Wildman–Crippen LogP) is 3.11. The van der Waals surface area contributed by atoms with Crippen LogP contribution in [0.5, 0.6) is 0 Å². The Bertz CT molecular complexity index is 812. The summed E-state index contributed by atoms with van der Waals surface area (Å²) < 4.78 is 5.27. The molecular weight excluding hydrogens is 398 g/mol. The van der Waals surface area contributed by atoms with E-state index in [1.54, 1.807) is 27.7 Å². The van der Waals surface area contributed by atoms with Gasteiger partial charge in [0.1, 0.15) is 11.6 Å². The van der Waals surface area contributed by atoms with Crippen LogP contribution in [-0.4, -0.2) is 70.3 Å². The minimum Gasteiger partial charge on any atom is -0.465 e. The number of likely N-dealkylation sites (tertiary alicyclic amines) is 2. The summed E-state index contributed by atoms with van der Waals surface area (Å²) in [5.41, 5.74) is 0.405. The number of nitrogens with one attached hydrogen (secondary N) is 1. The van der Waals surface area contributed by atoms with Crippen LogP contribution in [0.2, 0.25) is 0 Å². The Morgan fingerprint density at radius 3 is 2.35 bits per heavy atom. The number of carboxylic acid groups (broad SMARTS) is 1. The average Bonchev–Trinajstić information content (AvgIpc) is 2.69. The highest BCUT2D eigenvalue weighted by atomic mass is 16.6. The normalized spacial score (nSPS) is 21.2. The molecule has 2 heterocycles. The summed E-state index contributed by atoms with van der Waals surface area (Å²) in [6.45, 7) is 8.54. The second kappa shape index (κ2) is 8.77. The number of carbonyl (C=O) groups is 3. The van der Waals surface area contributed by atoms with Crippen LogP contribution in [-0.2, 0) is 16.0 Å². The van der Waals surface area contributed by atoms with Crippen LogP contribution in [0.4, 0.5) is 9.59 Å². The number of piperidine rings is 1. The molecule has 2 aliphatic heterocycles. The number of carbonyl (C=O) groups excluding carboxylic acids is 2. The summed E-state index contributed by atoms with van der Waals surface area (Å²) in [5, 5.41) is 11.9. The molecule has 8 nitrogen and oxygen atoms in total. The Balaban J connectivity index is 1.71. The van der Waals surface area contributed by atoms with Crippen LogP contribution in [0, 0.1) is 5.41 Å². The minimum atomic E-state index is -0.892. The molecule has 0 aromatic heterocycles. The van der Waals surface area contributed by atoms with Gasteiger partial charge in [-0.2, -0.15) is 0 Å². The standard InChI is InChI=1S/C23H33N3O5/c1-16(24-20(28)31-22(2,3)4)19(27)26-15-23(10-12-25(13-11-23)21(29)30)18(26)14-17-8-6-5-7-9-17/h5-9,16,18H,10-15H2,1-4H3,(H,24,28)(H,29,30)/t16-,18?/m1/s1. The summed E-state index contributed by atoms with van der Waals surface area (Å²) in [7, 11) is 0. The molecular formula is C23H33N3O5. The molecule has 0 bridgehead atoms. The highest BCUT2D eigenvalue weighted by Crippen LogP contribution is 2.47. The molecule has 0 saturated carbocycles. The lowest BCUT2D eigenvalue weighted by atomic mass is 9.63. The maximum absolute atomic E-state index is 13.2. The van der Waals surface area contributed by atoms with Crippen molar-refractivity contribution in [3.63, 3.8) is 0 Å². The zero-order chi connectivity index (χ0) is 22.8. The fourth-order valence-corrected chi connectivity index (χ4v) is 4.60. The van der Waals surface area contributed by atoms with Gasteiger partial charge in [0.05, 0.1) is 0 Å². The molecule has 170 valence electrons. The summed E-state index contributed by atoms with van der Waals surface area (Å²) in [4.78, 5) is 39.9. The van der Waals surface area contributed by atoms with Gasteiger partial charge in [-0.3, -0.25) is 4.79 Å². The zero-order valence-corrected chi connectivity index (χ0v) is 18.8. The zero-order valence-electron chi connectivity index (χ0n) is 18.8. The van der Waals surface area contributed by atoms with Crippen LogP contribution in [0.3, 0.4) is 0 Å². The Morgan fingerprint density at radius 2 is 1.81 bits per heavy atom. The molecule has 1 aromatic carbocycles. The van der Waals surface area contributed by atoms with E-state index < -0.39 is 23.8 Å². The van der Waals surface area contributed by atoms with E-state index in [0.717, 1.165) is 18.4 Å². The van der Waals surface area contributed by atoms with E-state index in [1.165, 1.54) is 4.90 Å². The van der Waals surface area contributed by atoms with E-state index in [9.17, 15) is 19.5 Å². The first-order valence-corrected chi connectivity index (χ1v) is 10.8. The van der Waals surface area contributed by atoms with Crippen molar-refractivity contribution in [3.05, 3.63) is 35.9 Å². The van der Waals surface area contributed by atoms with E-state index >= 15 is 0 Å². The molecule has 8 heteroatoms. The van der Waals surface area contributed by atoms with Crippen molar-refractivity contribution in [1.82, 2.24) is 15.1 Å². The van der Waals surface area contributed by atoms with Crippen molar-refractivity contribution in [3.8, 4) is 0 Å². The molecule has 1 unspecified atom stereocenters. The topological polar surface area (TPSA) is 99.2 Å². The van der Waals surface area contributed by atoms with Crippen LogP contribution in [0.1, 0.15) is 46.1 Å². The number of ether oxygens (including phenoxy) is 1. The number of rotatable bonds is 4. The molecule has 2 fully saturated rings. The van der Waals surface area contributed by atoms with Gasteiger partial charge in [0.2, 0.25) is 5.91 Å². The van der Waals surface area contributed by atoms with Crippen molar-refractivity contribution in [2.24, 2.45) is 5.41 Å². The van der Waals surface area contributed by atoms with Crippen LogP contribution in [0.25, 0.3) is 0 Å². The molecule has 31 heavy (non-hydrogen) atoms. The van der Waals surface area contributed by atoms with Gasteiger partial charge in [0.25, 0.3) is 0 Å². The number of benzene rings is 1. The van der Waals surface area contributed by atoms with Crippen LogP contribution in [0.15, 0.2) is 30.3 Å². The van der Waals surface area contributed by atoms with Crippen LogP contribution >= 0.6 is 0 Å². The SMILES string of the molecule is C[C@@H](NC(=O)OC(C)(C)C)C(=O)N1CC2(CCN(C(=O)O)CC2)C1Cc1ccccc1. The van der Waals surface area contributed by atoms with Crippen molar-refractivity contribution in [1.29, 1.82) is 0 Å². The fraction of sp³-hybridized carbons (Fsp3) is 0.609. The summed E-state index contributed by atoms with van der Waals surface area (Å²) >= 11 is 0. The van der Waals surface area contributed by atoms with Gasteiger partial charge in [-0.05, 0) is 52.5 Å². The van der Waals surface area contributed by atoms with Gasteiger partial charge in [0.15, 0.2) is 0 Å². The number of alkyl carbamates (subject to hydrolysis) is 1. The molecule has 2 N–H and O–H groups in total. The first-order chi connectivity index (χ1) is 14.5. The number of hydrogen-bond acceptors (Lipinski definition) is 4. The Morgan fingerprint density at radius 1 is 1.19 bits per heavy atom.